The van der Waals surface area contributed by atoms with Gasteiger partial charge in [-0.25, -0.2) is 0 Å². The lowest BCUT2D eigenvalue weighted by molar-refractivity contribution is 0.285. The van der Waals surface area contributed by atoms with Gasteiger partial charge in [0.2, 0.25) is 0 Å². The molecule has 0 aliphatic carbocycles. The lowest BCUT2D eigenvalue weighted by Gasteiger charge is -2.31. The smallest absolute Gasteiger partial charge is 0.282 e. The minimum absolute atomic E-state index is 0.274. The average Bonchev–Trinajstić information content (AvgIpc) is 3.36. The van der Waals surface area contributed by atoms with E-state index in [2.05, 4.69) is 5.16 Å². The third-order valence-corrected chi connectivity index (χ3v) is 7.68. The molecule has 0 amide bonds. The molecule has 0 N–H and O–H groups in total. The highest BCUT2D eigenvalue weighted by molar-refractivity contribution is 7.86. The van der Waals surface area contributed by atoms with Crippen molar-refractivity contribution in [2.75, 3.05) is 26.7 Å². The maximum Gasteiger partial charge on any atom is 0.282 e. The Bertz CT molecular complexity index is 888. The summed E-state index contributed by atoms with van der Waals surface area (Å²) in [5.41, 5.74) is 1.58. The molecule has 152 valence electrons. The quantitative estimate of drug-likeness (QED) is 0.760. The molecule has 1 aromatic heterocycles. The topological polar surface area (TPSA) is 75.9 Å². The minimum Gasteiger partial charge on any atom is -0.497 e. The molecule has 0 spiro atoms. The summed E-state index contributed by atoms with van der Waals surface area (Å²) in [6.07, 6.45) is 5.54. The fourth-order valence-corrected chi connectivity index (χ4v) is 5.97. The van der Waals surface area contributed by atoms with Crippen LogP contribution in [-0.2, 0) is 10.2 Å². The van der Waals surface area contributed by atoms with Crippen LogP contribution < -0.4 is 4.74 Å². The van der Waals surface area contributed by atoms with E-state index in [0.717, 1.165) is 49.8 Å². The fraction of sp³-hybridized carbons (Fsp3) is 0.550. The number of hydrogen-bond acceptors (Lipinski definition) is 5. The van der Waals surface area contributed by atoms with Gasteiger partial charge in [0, 0.05) is 31.3 Å². The summed E-state index contributed by atoms with van der Waals surface area (Å²) in [5, 5.41) is 4.26. The molecule has 0 bridgehead atoms. The molecule has 8 heteroatoms. The van der Waals surface area contributed by atoms with Crippen molar-refractivity contribution < 1.29 is 17.7 Å². The molecule has 4 rings (SSSR count). The third-order valence-electron chi connectivity index (χ3n) is 5.64. The van der Waals surface area contributed by atoms with Crippen molar-refractivity contribution in [3.05, 3.63) is 36.0 Å². The van der Waals surface area contributed by atoms with Crippen molar-refractivity contribution in [2.45, 2.75) is 44.6 Å². The van der Waals surface area contributed by atoms with Crippen LogP contribution in [0.1, 0.15) is 50.3 Å². The summed E-state index contributed by atoms with van der Waals surface area (Å²) in [7, 11) is -1.85. The first-order chi connectivity index (χ1) is 13.6. The molecule has 2 saturated heterocycles. The first kappa shape index (κ1) is 19.4. The van der Waals surface area contributed by atoms with E-state index in [-0.39, 0.29) is 6.04 Å². The van der Waals surface area contributed by atoms with Crippen molar-refractivity contribution in [3.63, 3.8) is 0 Å². The van der Waals surface area contributed by atoms with E-state index in [1.54, 1.807) is 15.7 Å². The van der Waals surface area contributed by atoms with Crippen LogP contribution in [0.15, 0.2) is 34.9 Å². The monoisotopic (exact) mass is 405 g/mol. The van der Waals surface area contributed by atoms with Crippen molar-refractivity contribution >= 4 is 10.2 Å². The molecular weight excluding hydrogens is 378 g/mol. The molecule has 2 aliphatic rings. The first-order valence-electron chi connectivity index (χ1n) is 9.97. The van der Waals surface area contributed by atoms with Crippen molar-refractivity contribution in [1.29, 1.82) is 0 Å². The minimum atomic E-state index is -3.48. The van der Waals surface area contributed by atoms with Gasteiger partial charge in [-0.3, -0.25) is 0 Å². The van der Waals surface area contributed by atoms with Gasteiger partial charge in [-0.2, -0.15) is 17.0 Å². The van der Waals surface area contributed by atoms with E-state index in [9.17, 15) is 8.42 Å². The zero-order valence-corrected chi connectivity index (χ0v) is 17.0. The summed E-state index contributed by atoms with van der Waals surface area (Å²) in [4.78, 5) is 0. The maximum absolute atomic E-state index is 13.3. The van der Waals surface area contributed by atoms with Crippen molar-refractivity contribution in [1.82, 2.24) is 13.8 Å². The first-order valence-corrected chi connectivity index (χ1v) is 11.4. The Morgan fingerprint density at radius 3 is 2.46 bits per heavy atom. The Balaban J connectivity index is 1.62. The van der Waals surface area contributed by atoms with Crippen LogP contribution in [0.4, 0.5) is 0 Å². The molecule has 3 heterocycles. The van der Waals surface area contributed by atoms with Gasteiger partial charge in [0.25, 0.3) is 10.2 Å². The normalized spacial score (nSPS) is 22.2. The van der Waals surface area contributed by atoms with Gasteiger partial charge in [0.05, 0.1) is 13.2 Å². The molecule has 2 aromatic rings. The SMILES string of the molecule is COc1ccc(-c2cc(C3CCCCCN3S(=O)(=O)N3CCCC3)no2)cc1. The Morgan fingerprint density at radius 2 is 1.75 bits per heavy atom. The van der Waals surface area contributed by atoms with Crippen LogP contribution in [0.25, 0.3) is 11.3 Å². The van der Waals surface area contributed by atoms with E-state index in [0.29, 0.717) is 31.1 Å². The highest BCUT2D eigenvalue weighted by Gasteiger charge is 2.38. The Hall–Kier alpha value is -1.90. The molecule has 1 unspecified atom stereocenters. The molecule has 2 fully saturated rings. The van der Waals surface area contributed by atoms with E-state index >= 15 is 0 Å². The van der Waals surface area contributed by atoms with E-state index in [4.69, 9.17) is 9.26 Å². The van der Waals surface area contributed by atoms with Crippen LogP contribution in [0.2, 0.25) is 0 Å². The van der Waals surface area contributed by atoms with Crippen LogP contribution in [-0.4, -0.2) is 48.9 Å². The molecule has 1 atom stereocenters. The standard InChI is InChI=1S/C20H27N3O4S/c1-26-17-10-8-16(9-11-17)20-15-18(21-27-20)19-7-3-2-4-14-23(19)28(24,25)22-12-5-6-13-22/h8-11,15,19H,2-7,12-14H2,1H3. The number of nitrogens with zero attached hydrogens (tertiary/aromatic N) is 3. The van der Waals surface area contributed by atoms with Gasteiger partial charge < -0.3 is 9.26 Å². The van der Waals surface area contributed by atoms with Crippen LogP contribution in [0, 0.1) is 0 Å². The number of benzene rings is 1. The summed E-state index contributed by atoms with van der Waals surface area (Å²) in [6, 6.07) is 9.17. The van der Waals surface area contributed by atoms with E-state index < -0.39 is 10.2 Å². The lowest BCUT2D eigenvalue weighted by atomic mass is 10.1. The molecule has 0 saturated carbocycles. The van der Waals surface area contributed by atoms with E-state index in [1.807, 2.05) is 30.3 Å². The summed E-state index contributed by atoms with van der Waals surface area (Å²) in [5.74, 6) is 1.41. The predicted octanol–water partition coefficient (Wildman–Crippen LogP) is 3.61. The summed E-state index contributed by atoms with van der Waals surface area (Å²) < 4.78 is 40.6. The molecular formula is C20H27N3O4S. The van der Waals surface area contributed by atoms with Crippen LogP contribution in [0.5, 0.6) is 5.75 Å². The van der Waals surface area contributed by atoms with Crippen LogP contribution in [0.3, 0.4) is 0 Å². The number of methoxy groups -OCH3 is 1. The molecule has 0 radical (unpaired) electrons. The van der Waals surface area contributed by atoms with Gasteiger partial charge in [-0.1, -0.05) is 18.0 Å². The second kappa shape index (κ2) is 8.23. The van der Waals surface area contributed by atoms with Gasteiger partial charge in [-0.15, -0.1) is 0 Å². The molecule has 28 heavy (non-hydrogen) atoms. The van der Waals surface area contributed by atoms with Crippen molar-refractivity contribution in [2.24, 2.45) is 0 Å². The van der Waals surface area contributed by atoms with Gasteiger partial charge in [-0.05, 0) is 49.9 Å². The largest absolute Gasteiger partial charge is 0.497 e. The number of hydrogen-bond donors (Lipinski definition) is 0. The maximum atomic E-state index is 13.3. The van der Waals surface area contributed by atoms with E-state index in [1.165, 1.54) is 0 Å². The number of rotatable bonds is 5. The van der Waals surface area contributed by atoms with Gasteiger partial charge in [0.15, 0.2) is 5.76 Å². The summed E-state index contributed by atoms with van der Waals surface area (Å²) in [6.45, 7) is 1.76. The van der Waals surface area contributed by atoms with Crippen molar-refractivity contribution in [3.8, 4) is 17.1 Å². The Labute approximate surface area is 166 Å². The average molecular weight is 406 g/mol. The second-order valence-electron chi connectivity index (χ2n) is 7.43. The van der Waals surface area contributed by atoms with Gasteiger partial charge >= 0.3 is 0 Å². The zero-order valence-electron chi connectivity index (χ0n) is 16.2. The summed E-state index contributed by atoms with van der Waals surface area (Å²) >= 11 is 0. The number of ether oxygens (including phenoxy) is 1. The zero-order chi connectivity index (χ0) is 19.6. The molecule has 1 aromatic carbocycles. The second-order valence-corrected chi connectivity index (χ2v) is 9.32. The van der Waals surface area contributed by atoms with Crippen LogP contribution >= 0.6 is 0 Å². The third kappa shape index (κ3) is 3.81. The highest BCUT2D eigenvalue weighted by atomic mass is 32.2. The predicted molar refractivity (Wildman–Crippen MR) is 106 cm³/mol. The fourth-order valence-electron chi connectivity index (χ4n) is 4.06. The molecule has 7 nitrogen and oxygen atoms in total. The Morgan fingerprint density at radius 1 is 1.04 bits per heavy atom. The number of aromatic nitrogens is 1. The van der Waals surface area contributed by atoms with Gasteiger partial charge in [0.1, 0.15) is 11.4 Å². The molecule has 2 aliphatic heterocycles. The Kier molecular flexibility index (Phi) is 5.70. The highest BCUT2D eigenvalue weighted by Crippen LogP contribution is 2.35. The lowest BCUT2D eigenvalue weighted by Crippen LogP contribution is -2.44.